The van der Waals surface area contributed by atoms with Gasteiger partial charge >= 0.3 is 5.97 Å². The molecule has 0 N–H and O–H groups in total. The molecule has 0 aliphatic heterocycles. The van der Waals surface area contributed by atoms with Crippen LogP contribution in [0.2, 0.25) is 10.0 Å². The summed E-state index contributed by atoms with van der Waals surface area (Å²) in [4.78, 5) is 30.3. The minimum atomic E-state index is -0.504. The van der Waals surface area contributed by atoms with Crippen LogP contribution in [-0.4, -0.2) is 16.9 Å². The van der Waals surface area contributed by atoms with Gasteiger partial charge in [-0.1, -0.05) is 41.4 Å². The lowest BCUT2D eigenvalue weighted by atomic mass is 10.1. The van der Waals surface area contributed by atoms with Gasteiger partial charge in [0.15, 0.2) is 5.13 Å². The molecule has 0 atom stereocenters. The van der Waals surface area contributed by atoms with E-state index in [9.17, 15) is 9.59 Å². The molecule has 5 nitrogen and oxygen atoms in total. The maximum Gasteiger partial charge on any atom is 0.331 e. The largest absolute Gasteiger partial charge is 0.456 e. The molecule has 0 saturated heterocycles. The van der Waals surface area contributed by atoms with E-state index in [0.717, 1.165) is 16.7 Å². The number of carbonyl (C=O) groups excluding carboxylic acids is 2. The number of benzene rings is 2. The van der Waals surface area contributed by atoms with Crippen LogP contribution < -0.4 is 4.90 Å². The van der Waals surface area contributed by atoms with Gasteiger partial charge in [0.25, 0.3) is 0 Å². The Morgan fingerprint density at radius 2 is 1.97 bits per heavy atom. The molecule has 1 amide bonds. The normalized spacial score (nSPS) is 11.0. The first kappa shape index (κ1) is 23.0. The Hall–Kier alpha value is -2.67. The van der Waals surface area contributed by atoms with Crippen molar-refractivity contribution in [2.75, 3.05) is 4.90 Å². The van der Waals surface area contributed by atoms with Crippen molar-refractivity contribution < 1.29 is 14.3 Å². The van der Waals surface area contributed by atoms with Crippen molar-refractivity contribution in [1.82, 2.24) is 4.98 Å². The van der Waals surface area contributed by atoms with Crippen LogP contribution in [-0.2, 0) is 20.9 Å². The minimum Gasteiger partial charge on any atom is -0.456 e. The number of hydrogen-bond donors (Lipinski definition) is 0. The van der Waals surface area contributed by atoms with E-state index < -0.39 is 5.97 Å². The van der Waals surface area contributed by atoms with Gasteiger partial charge in [-0.2, -0.15) is 0 Å². The van der Waals surface area contributed by atoms with Crippen LogP contribution in [0.5, 0.6) is 0 Å². The number of ether oxygens (including phenoxy) is 1. The van der Waals surface area contributed by atoms with Gasteiger partial charge in [0.05, 0.1) is 16.4 Å². The summed E-state index contributed by atoms with van der Waals surface area (Å²) in [5.74, 6) is -0.716. The van der Waals surface area contributed by atoms with Crippen molar-refractivity contribution in [2.24, 2.45) is 0 Å². The first-order valence-corrected chi connectivity index (χ1v) is 11.0. The molecule has 0 spiro atoms. The molecule has 0 aliphatic carbocycles. The molecule has 160 valence electrons. The van der Waals surface area contributed by atoms with Gasteiger partial charge in [-0.05, 0) is 54.8 Å². The molecule has 1 heterocycles. The Balaban J connectivity index is 1.71. The van der Waals surface area contributed by atoms with Gasteiger partial charge in [0, 0.05) is 23.4 Å². The summed E-state index contributed by atoms with van der Waals surface area (Å²) < 4.78 is 5.26. The van der Waals surface area contributed by atoms with Crippen LogP contribution in [0.3, 0.4) is 0 Å². The number of aromatic nitrogens is 1. The predicted octanol–water partition coefficient (Wildman–Crippen LogP) is 6.51. The third kappa shape index (κ3) is 5.94. The van der Waals surface area contributed by atoms with Gasteiger partial charge in [-0.15, -0.1) is 11.3 Å². The molecule has 0 saturated carbocycles. The number of aryl methyl sites for hydroxylation is 2. The Bertz CT molecular complexity index is 1130. The fourth-order valence-electron chi connectivity index (χ4n) is 3.01. The summed E-state index contributed by atoms with van der Waals surface area (Å²) in [6.07, 6.45) is 2.95. The maximum absolute atomic E-state index is 12.4. The zero-order valence-electron chi connectivity index (χ0n) is 17.2. The molecule has 3 rings (SSSR count). The number of esters is 1. The average Bonchev–Trinajstić information content (AvgIpc) is 3.15. The highest BCUT2D eigenvalue weighted by Gasteiger charge is 2.22. The van der Waals surface area contributed by atoms with E-state index in [0.29, 0.717) is 26.6 Å². The zero-order valence-corrected chi connectivity index (χ0v) is 19.5. The average molecular weight is 475 g/mol. The molecule has 31 heavy (non-hydrogen) atoms. The van der Waals surface area contributed by atoms with Gasteiger partial charge in [0.2, 0.25) is 5.91 Å². The Morgan fingerprint density at radius 3 is 2.65 bits per heavy atom. The third-order valence-corrected chi connectivity index (χ3v) is 5.69. The lowest BCUT2D eigenvalue weighted by Gasteiger charge is -2.22. The number of hydrogen-bond acceptors (Lipinski definition) is 5. The smallest absolute Gasteiger partial charge is 0.331 e. The van der Waals surface area contributed by atoms with Crippen LogP contribution in [0.15, 0.2) is 47.9 Å². The van der Waals surface area contributed by atoms with Crippen molar-refractivity contribution >= 4 is 63.3 Å². The number of thiazole rings is 1. The van der Waals surface area contributed by atoms with Crippen LogP contribution >= 0.6 is 34.5 Å². The highest BCUT2D eigenvalue weighted by Crippen LogP contribution is 2.37. The molecule has 0 radical (unpaired) electrons. The highest BCUT2D eigenvalue weighted by atomic mass is 35.5. The third-order valence-electron chi connectivity index (χ3n) is 4.29. The van der Waals surface area contributed by atoms with Crippen LogP contribution in [0.1, 0.15) is 29.3 Å². The molecule has 3 aromatic rings. The lowest BCUT2D eigenvalue weighted by Crippen LogP contribution is -2.24. The van der Waals surface area contributed by atoms with Crippen molar-refractivity contribution in [3.05, 3.63) is 80.3 Å². The van der Waals surface area contributed by atoms with E-state index >= 15 is 0 Å². The summed E-state index contributed by atoms with van der Waals surface area (Å²) in [5.41, 5.74) is 3.81. The second-order valence-corrected chi connectivity index (χ2v) is 8.56. The number of nitrogens with zero attached hydrogens (tertiary/aromatic N) is 2. The predicted molar refractivity (Wildman–Crippen MR) is 126 cm³/mol. The summed E-state index contributed by atoms with van der Waals surface area (Å²) in [5, 5.41) is 3.27. The Kier molecular flexibility index (Phi) is 7.49. The summed E-state index contributed by atoms with van der Waals surface area (Å²) in [6.45, 7) is 5.28. The van der Waals surface area contributed by atoms with Crippen LogP contribution in [0.4, 0.5) is 10.8 Å². The first-order valence-electron chi connectivity index (χ1n) is 9.37. The number of rotatable bonds is 6. The van der Waals surface area contributed by atoms with Crippen LogP contribution in [0, 0.1) is 13.8 Å². The Labute approximate surface area is 194 Å². The molecule has 8 heteroatoms. The van der Waals surface area contributed by atoms with Gasteiger partial charge in [0.1, 0.15) is 6.61 Å². The topological polar surface area (TPSA) is 59.5 Å². The number of halogens is 2. The van der Waals surface area contributed by atoms with Gasteiger partial charge in [-0.3, -0.25) is 9.69 Å². The number of carbonyl (C=O) groups is 2. The van der Waals surface area contributed by atoms with Crippen LogP contribution in [0.25, 0.3) is 6.08 Å². The summed E-state index contributed by atoms with van der Waals surface area (Å²) in [7, 11) is 0. The SMILES string of the molecule is CC(=O)N(c1nc(COC(=O)/C=C/c2cccc(Cl)c2)cs1)c1c(C)cc(C)cc1Cl. The molecule has 0 bridgehead atoms. The molecular formula is C23H20Cl2N2O3S. The molecule has 0 unspecified atom stereocenters. The molecule has 1 aromatic heterocycles. The second-order valence-electron chi connectivity index (χ2n) is 6.88. The molecule has 2 aromatic carbocycles. The van der Waals surface area contributed by atoms with E-state index in [4.69, 9.17) is 27.9 Å². The van der Waals surface area contributed by atoms with E-state index in [-0.39, 0.29) is 12.5 Å². The number of anilines is 2. The monoisotopic (exact) mass is 474 g/mol. The quantitative estimate of drug-likeness (QED) is 0.301. The highest BCUT2D eigenvalue weighted by molar-refractivity contribution is 7.14. The molecule has 0 aliphatic rings. The minimum absolute atomic E-state index is 0.0123. The van der Waals surface area contributed by atoms with Crippen molar-refractivity contribution in [2.45, 2.75) is 27.4 Å². The summed E-state index contributed by atoms with van der Waals surface area (Å²) in [6, 6.07) is 10.9. The van der Waals surface area contributed by atoms with Crippen molar-refractivity contribution in [3.8, 4) is 0 Å². The van der Waals surface area contributed by atoms with Crippen molar-refractivity contribution in [3.63, 3.8) is 0 Å². The standard InChI is InChI=1S/C23H20Cl2N2O3S/c1-14-9-15(2)22(20(25)10-14)27(16(3)28)23-26-19(13-31-23)12-30-21(29)8-7-17-5-4-6-18(24)11-17/h4-11,13H,12H2,1-3H3/b8-7+. The molecule has 0 fully saturated rings. The summed E-state index contributed by atoms with van der Waals surface area (Å²) >= 11 is 13.6. The van der Waals surface area contributed by atoms with Crippen molar-refractivity contribution in [1.29, 1.82) is 0 Å². The fourth-order valence-corrected chi connectivity index (χ4v) is 4.47. The van der Waals surface area contributed by atoms with E-state index in [1.54, 1.807) is 29.7 Å². The number of amides is 1. The fraction of sp³-hybridized carbons (Fsp3) is 0.174. The zero-order chi connectivity index (χ0) is 22.5. The van der Waals surface area contributed by atoms with E-state index in [2.05, 4.69) is 4.98 Å². The van der Waals surface area contributed by atoms with E-state index in [1.165, 1.54) is 29.2 Å². The van der Waals surface area contributed by atoms with Gasteiger partial charge < -0.3 is 4.74 Å². The van der Waals surface area contributed by atoms with E-state index in [1.807, 2.05) is 32.0 Å². The Morgan fingerprint density at radius 1 is 1.19 bits per heavy atom. The maximum atomic E-state index is 12.4. The first-order chi connectivity index (χ1) is 14.7. The molecular weight excluding hydrogens is 455 g/mol. The second kappa shape index (κ2) is 10.1. The van der Waals surface area contributed by atoms with Gasteiger partial charge in [-0.25, -0.2) is 9.78 Å². The lowest BCUT2D eigenvalue weighted by molar-refractivity contribution is -0.139.